The van der Waals surface area contributed by atoms with Crippen LogP contribution in [0.4, 0.5) is 0 Å². The Bertz CT molecular complexity index is 1120. The Morgan fingerprint density at radius 1 is 1.34 bits per heavy atom. The number of aromatic amines is 1. The van der Waals surface area contributed by atoms with Crippen molar-refractivity contribution >= 4 is 34.5 Å². The Morgan fingerprint density at radius 2 is 2.12 bits per heavy atom. The van der Waals surface area contributed by atoms with E-state index in [0.29, 0.717) is 24.8 Å². The van der Waals surface area contributed by atoms with Crippen molar-refractivity contribution < 1.29 is 18.7 Å². The van der Waals surface area contributed by atoms with Crippen molar-refractivity contribution in [3.05, 3.63) is 41.4 Å². The van der Waals surface area contributed by atoms with E-state index in [-0.39, 0.29) is 22.9 Å². The average Bonchev–Trinajstić information content (AvgIpc) is 3.40. The van der Waals surface area contributed by atoms with Gasteiger partial charge in [0.15, 0.2) is 0 Å². The molecule has 1 aliphatic heterocycles. The van der Waals surface area contributed by atoms with Gasteiger partial charge in [0.25, 0.3) is 5.22 Å². The van der Waals surface area contributed by atoms with Crippen LogP contribution in [0.2, 0.25) is 0 Å². The van der Waals surface area contributed by atoms with E-state index < -0.39 is 12.0 Å². The number of para-hydroxylation sites is 1. The number of hydrogen-bond donors (Lipinski definition) is 2. The zero-order chi connectivity index (χ0) is 22.8. The lowest BCUT2D eigenvalue weighted by atomic mass is 9.96. The van der Waals surface area contributed by atoms with Crippen molar-refractivity contribution in [1.82, 2.24) is 20.1 Å². The maximum atomic E-state index is 13.1. The summed E-state index contributed by atoms with van der Waals surface area (Å²) in [7, 11) is 1.34. The second-order valence-electron chi connectivity index (χ2n) is 8.32. The predicted octanol–water partition coefficient (Wildman–Crippen LogP) is 2.82. The molecule has 0 bridgehead atoms. The number of fused-ring (bicyclic) bond motifs is 3. The fraction of sp³-hybridized carbons (Fsp3) is 0.455. The number of amides is 1. The van der Waals surface area contributed by atoms with Gasteiger partial charge in [-0.1, -0.05) is 43.8 Å². The number of ether oxygens (including phenoxy) is 1. The molecule has 0 aliphatic carbocycles. The molecule has 0 fully saturated rings. The highest BCUT2D eigenvalue weighted by Gasteiger charge is 2.37. The summed E-state index contributed by atoms with van der Waals surface area (Å²) < 4.78 is 10.6. The fourth-order valence-corrected chi connectivity index (χ4v) is 4.72. The Kier molecular flexibility index (Phi) is 6.52. The molecule has 2 unspecified atom stereocenters. The van der Waals surface area contributed by atoms with Gasteiger partial charge in [0.1, 0.15) is 6.04 Å². The SMILES string of the molecule is COC(=O)C1Cc2c([nH]c3ccccc23)CN1C(=O)CSc1nnc(C(N)CC(C)C)o1. The topological polar surface area (TPSA) is 127 Å². The van der Waals surface area contributed by atoms with Crippen molar-refractivity contribution in [1.29, 1.82) is 0 Å². The van der Waals surface area contributed by atoms with E-state index in [2.05, 4.69) is 29.0 Å². The lowest BCUT2D eigenvalue weighted by Gasteiger charge is -2.33. The predicted molar refractivity (Wildman–Crippen MR) is 120 cm³/mol. The number of H-pyrrole nitrogens is 1. The molecule has 0 radical (unpaired) electrons. The number of benzene rings is 1. The summed E-state index contributed by atoms with van der Waals surface area (Å²) >= 11 is 1.14. The van der Waals surface area contributed by atoms with Crippen molar-refractivity contribution in [2.24, 2.45) is 11.7 Å². The van der Waals surface area contributed by atoms with Crippen LogP contribution in [0.3, 0.4) is 0 Å². The van der Waals surface area contributed by atoms with Crippen molar-refractivity contribution in [3.8, 4) is 0 Å². The summed E-state index contributed by atoms with van der Waals surface area (Å²) in [6, 6.07) is 6.90. The summed E-state index contributed by atoms with van der Waals surface area (Å²) in [5, 5.41) is 9.34. The van der Waals surface area contributed by atoms with E-state index in [9.17, 15) is 9.59 Å². The molecule has 3 aromatic rings. The van der Waals surface area contributed by atoms with Gasteiger partial charge in [-0.15, -0.1) is 10.2 Å². The van der Waals surface area contributed by atoms with Gasteiger partial charge in [-0.25, -0.2) is 4.79 Å². The second-order valence-corrected chi connectivity index (χ2v) is 9.25. The molecular formula is C22H27N5O4S. The molecule has 3 N–H and O–H groups in total. The number of nitrogens with one attached hydrogen (secondary N) is 1. The number of aromatic nitrogens is 3. The molecule has 0 spiro atoms. The molecule has 170 valence electrons. The monoisotopic (exact) mass is 457 g/mol. The van der Waals surface area contributed by atoms with Crippen LogP contribution in [0, 0.1) is 5.92 Å². The summed E-state index contributed by atoms with van der Waals surface area (Å²) in [6.45, 7) is 4.44. The van der Waals surface area contributed by atoms with Crippen molar-refractivity contribution in [3.63, 3.8) is 0 Å². The molecule has 1 aromatic carbocycles. The number of methoxy groups -OCH3 is 1. The maximum Gasteiger partial charge on any atom is 0.328 e. The van der Waals surface area contributed by atoms with E-state index in [0.717, 1.165) is 40.3 Å². The minimum absolute atomic E-state index is 0.0596. The lowest BCUT2D eigenvalue weighted by molar-refractivity contribution is -0.153. The summed E-state index contributed by atoms with van der Waals surface area (Å²) in [4.78, 5) is 30.5. The van der Waals surface area contributed by atoms with Crippen LogP contribution < -0.4 is 5.73 Å². The van der Waals surface area contributed by atoms with Crippen LogP contribution in [0.25, 0.3) is 10.9 Å². The lowest BCUT2D eigenvalue weighted by Crippen LogP contribution is -2.49. The van der Waals surface area contributed by atoms with Gasteiger partial charge in [-0.05, 0) is 24.0 Å². The molecule has 2 aromatic heterocycles. The Labute approximate surface area is 190 Å². The van der Waals surface area contributed by atoms with E-state index >= 15 is 0 Å². The van der Waals surface area contributed by atoms with E-state index in [1.165, 1.54) is 7.11 Å². The van der Waals surface area contributed by atoms with Crippen LogP contribution in [0.1, 0.15) is 43.5 Å². The van der Waals surface area contributed by atoms with E-state index in [4.69, 9.17) is 14.9 Å². The van der Waals surface area contributed by atoms with Gasteiger partial charge in [0.05, 0.1) is 25.4 Å². The van der Waals surface area contributed by atoms with Crippen molar-refractivity contribution in [2.45, 2.75) is 50.5 Å². The second kappa shape index (κ2) is 9.33. The molecule has 9 nitrogen and oxygen atoms in total. The summed E-state index contributed by atoms with van der Waals surface area (Å²) in [6.07, 6.45) is 1.13. The first-order valence-corrected chi connectivity index (χ1v) is 11.5. The molecule has 0 saturated heterocycles. The minimum Gasteiger partial charge on any atom is -0.467 e. The standard InChI is InChI=1S/C22H27N5O4S/c1-12(2)8-15(23)20-25-26-22(31-20)32-11-19(28)27-10-17-14(9-18(27)21(29)30-3)13-6-4-5-7-16(13)24-17/h4-7,12,15,18,24H,8-11,23H2,1-3H3. The molecule has 0 saturated carbocycles. The Hall–Kier alpha value is -2.85. The summed E-state index contributed by atoms with van der Waals surface area (Å²) in [5.41, 5.74) is 9.06. The third kappa shape index (κ3) is 4.51. The quantitative estimate of drug-likeness (QED) is 0.409. The Balaban J connectivity index is 1.48. The smallest absolute Gasteiger partial charge is 0.328 e. The highest BCUT2D eigenvalue weighted by Crippen LogP contribution is 2.31. The third-order valence-corrected chi connectivity index (χ3v) is 6.38. The van der Waals surface area contributed by atoms with Gasteiger partial charge in [-0.2, -0.15) is 0 Å². The number of nitrogens with zero attached hydrogens (tertiary/aromatic N) is 3. The first kappa shape index (κ1) is 22.3. The molecule has 2 atom stereocenters. The van der Waals surface area contributed by atoms with Crippen LogP contribution in [0.15, 0.2) is 33.9 Å². The average molecular weight is 458 g/mol. The van der Waals surface area contributed by atoms with E-state index in [1.807, 2.05) is 24.3 Å². The zero-order valence-electron chi connectivity index (χ0n) is 18.3. The first-order valence-electron chi connectivity index (χ1n) is 10.5. The highest BCUT2D eigenvalue weighted by molar-refractivity contribution is 7.99. The highest BCUT2D eigenvalue weighted by atomic mass is 32.2. The molecule has 10 heteroatoms. The fourth-order valence-electron chi connectivity index (χ4n) is 4.06. The molecule has 1 aliphatic rings. The van der Waals surface area contributed by atoms with Gasteiger partial charge >= 0.3 is 5.97 Å². The van der Waals surface area contributed by atoms with Crippen molar-refractivity contribution in [2.75, 3.05) is 12.9 Å². The van der Waals surface area contributed by atoms with Crippen LogP contribution in [-0.2, 0) is 27.3 Å². The minimum atomic E-state index is -0.683. The van der Waals surface area contributed by atoms with Gasteiger partial charge in [0, 0.05) is 23.0 Å². The van der Waals surface area contributed by atoms with Crippen LogP contribution in [0.5, 0.6) is 0 Å². The number of esters is 1. The van der Waals surface area contributed by atoms with Gasteiger partial charge in [0.2, 0.25) is 11.8 Å². The van der Waals surface area contributed by atoms with Crippen LogP contribution >= 0.6 is 11.8 Å². The molecular weight excluding hydrogens is 430 g/mol. The van der Waals surface area contributed by atoms with E-state index in [1.54, 1.807) is 4.90 Å². The molecule has 32 heavy (non-hydrogen) atoms. The Morgan fingerprint density at radius 3 is 2.88 bits per heavy atom. The molecule has 4 rings (SSSR count). The largest absolute Gasteiger partial charge is 0.467 e. The number of thioether (sulfide) groups is 1. The number of nitrogens with two attached hydrogens (primary N) is 1. The number of carbonyl (C=O) groups excluding carboxylic acids is 2. The number of hydrogen-bond acceptors (Lipinski definition) is 8. The number of rotatable bonds is 7. The summed E-state index contributed by atoms with van der Waals surface area (Å²) in [5.74, 6) is 0.185. The first-order chi connectivity index (χ1) is 15.4. The van der Waals surface area contributed by atoms with Gasteiger partial charge in [-0.3, -0.25) is 4.79 Å². The third-order valence-electron chi connectivity index (χ3n) is 5.58. The molecule has 3 heterocycles. The number of carbonyl (C=O) groups is 2. The van der Waals surface area contributed by atoms with Gasteiger partial charge < -0.3 is 24.8 Å². The normalized spacial score (nSPS) is 16.9. The van der Waals surface area contributed by atoms with Crippen LogP contribution in [-0.4, -0.2) is 50.9 Å². The maximum absolute atomic E-state index is 13.1. The molecule has 1 amide bonds. The zero-order valence-corrected chi connectivity index (χ0v) is 19.1.